The Morgan fingerprint density at radius 3 is 2.85 bits per heavy atom. The van der Waals surface area contributed by atoms with Gasteiger partial charge in [-0.3, -0.25) is 14.5 Å². The summed E-state index contributed by atoms with van der Waals surface area (Å²) in [7, 11) is 1.66. The number of carbonyl (C=O) groups is 3. The van der Waals surface area contributed by atoms with Crippen molar-refractivity contribution in [2.24, 2.45) is 12.2 Å². The molecule has 2 aromatic heterocycles. The summed E-state index contributed by atoms with van der Waals surface area (Å²) in [6.07, 6.45) is 0. The van der Waals surface area contributed by atoms with Gasteiger partial charge in [-0.05, 0) is 28.1 Å². The number of hydrogen-bond acceptors (Lipinski definition) is 12. The van der Waals surface area contributed by atoms with Crippen molar-refractivity contribution in [2.75, 3.05) is 17.2 Å². The number of thioether (sulfide) groups is 2. The van der Waals surface area contributed by atoms with E-state index in [9.17, 15) is 24.7 Å². The van der Waals surface area contributed by atoms with Gasteiger partial charge in [0.2, 0.25) is 5.16 Å². The lowest BCUT2D eigenvalue weighted by Crippen LogP contribution is -2.71. The third-order valence-electron chi connectivity index (χ3n) is 4.82. The number of anilines is 1. The molecule has 2 unspecified atom stereocenters. The smallest absolute Gasteiger partial charge is 0.352 e. The zero-order chi connectivity index (χ0) is 23.7. The minimum absolute atomic E-state index is 0.0265. The Kier molecular flexibility index (Phi) is 6.19. The second-order valence-electron chi connectivity index (χ2n) is 6.89. The molecule has 172 valence electrons. The van der Waals surface area contributed by atoms with Crippen molar-refractivity contribution in [3.63, 3.8) is 0 Å². The van der Waals surface area contributed by atoms with Crippen molar-refractivity contribution in [2.45, 2.75) is 16.6 Å². The lowest BCUT2D eigenvalue weighted by atomic mass is 10.0. The number of fused-ring (bicyclic) bond motifs is 1. The molecule has 4 heterocycles. The predicted molar refractivity (Wildman–Crippen MR) is 116 cm³/mol. The number of tetrazole rings is 1. The number of aromatic nitrogens is 5. The first kappa shape index (κ1) is 22.5. The fourth-order valence-electron chi connectivity index (χ4n) is 3.30. The number of nitrogen functional groups attached to an aromatic ring is 1. The van der Waals surface area contributed by atoms with Gasteiger partial charge >= 0.3 is 5.97 Å². The van der Waals surface area contributed by atoms with Crippen LogP contribution < -0.4 is 11.1 Å². The number of carboxylic acids is 1. The molecule has 2 amide bonds. The molecule has 0 bridgehead atoms. The summed E-state index contributed by atoms with van der Waals surface area (Å²) in [5.41, 5.74) is 5.63. The van der Waals surface area contributed by atoms with Gasteiger partial charge in [0.25, 0.3) is 11.8 Å². The van der Waals surface area contributed by atoms with Crippen molar-refractivity contribution >= 4 is 52.8 Å². The lowest BCUT2D eigenvalue weighted by molar-refractivity contribution is -0.150. The van der Waals surface area contributed by atoms with Crippen molar-refractivity contribution in [1.29, 1.82) is 0 Å². The molecule has 0 radical (unpaired) electrons. The number of pyridine rings is 1. The maximum atomic E-state index is 12.8. The van der Waals surface area contributed by atoms with E-state index in [4.69, 9.17) is 5.73 Å². The van der Waals surface area contributed by atoms with Gasteiger partial charge in [0.15, 0.2) is 5.71 Å². The molecule has 0 aliphatic carbocycles. The number of hydrogen-bond donors (Lipinski definition) is 4. The summed E-state index contributed by atoms with van der Waals surface area (Å²) in [5, 5.41) is 35.5. The minimum Gasteiger partial charge on any atom is -0.477 e. The summed E-state index contributed by atoms with van der Waals surface area (Å²) in [6, 6.07) is 3.46. The molecule has 33 heavy (non-hydrogen) atoms. The van der Waals surface area contributed by atoms with Gasteiger partial charge in [-0.25, -0.2) is 14.5 Å². The van der Waals surface area contributed by atoms with Crippen molar-refractivity contribution in [1.82, 2.24) is 35.4 Å². The minimum atomic E-state index is -1.24. The molecule has 0 saturated carbocycles. The summed E-state index contributed by atoms with van der Waals surface area (Å²) in [6.45, 7) is 0. The second kappa shape index (κ2) is 9.07. The highest BCUT2D eigenvalue weighted by Gasteiger charge is 2.54. The van der Waals surface area contributed by atoms with Gasteiger partial charge in [0.05, 0.1) is 0 Å². The number of nitrogens with two attached hydrogens (primary N) is 1. The van der Waals surface area contributed by atoms with E-state index in [1.807, 2.05) is 0 Å². The molecule has 2 aromatic rings. The van der Waals surface area contributed by atoms with Crippen LogP contribution in [0.3, 0.4) is 0 Å². The number of nitrogens with zero attached hydrogens (tertiary/aromatic N) is 7. The van der Waals surface area contributed by atoms with Crippen molar-refractivity contribution in [3.8, 4) is 0 Å². The van der Waals surface area contributed by atoms with Crippen LogP contribution >= 0.6 is 23.5 Å². The molecule has 1 fully saturated rings. The fraction of sp³-hybridized carbons (Fsp3) is 0.294. The first-order valence-electron chi connectivity index (χ1n) is 9.32. The van der Waals surface area contributed by atoms with Gasteiger partial charge in [0.1, 0.15) is 28.6 Å². The third-order valence-corrected chi connectivity index (χ3v) is 7.26. The van der Waals surface area contributed by atoms with E-state index in [1.54, 1.807) is 7.05 Å². The summed E-state index contributed by atoms with van der Waals surface area (Å²) in [5.74, 6) is -1.94. The maximum Gasteiger partial charge on any atom is 0.352 e. The van der Waals surface area contributed by atoms with Crippen LogP contribution in [0, 0.1) is 0 Å². The topological polar surface area (TPSA) is 202 Å². The average molecular weight is 492 g/mol. The molecule has 4 rings (SSSR count). The Morgan fingerprint density at radius 2 is 2.21 bits per heavy atom. The van der Waals surface area contributed by atoms with E-state index < -0.39 is 34.9 Å². The molecule has 1 saturated heterocycles. The molecule has 2 aliphatic rings. The number of aryl methyl sites for hydroxylation is 1. The number of amides is 2. The molecule has 16 heteroatoms. The second-order valence-corrected chi connectivity index (χ2v) is 8.94. The molecular weight excluding hydrogens is 474 g/mol. The van der Waals surface area contributed by atoms with E-state index in [0.717, 1.165) is 4.90 Å². The molecule has 14 nitrogen and oxygen atoms in total. The predicted octanol–water partition coefficient (Wildman–Crippen LogP) is -1.10. The van der Waals surface area contributed by atoms with E-state index >= 15 is 0 Å². The largest absolute Gasteiger partial charge is 0.477 e. The first-order valence-corrected chi connectivity index (χ1v) is 11.4. The van der Waals surface area contributed by atoms with Crippen LogP contribution in [0.5, 0.6) is 0 Å². The molecule has 5 N–H and O–H groups in total. The standard InChI is InChI=1S/C17H17N9O5S2/c1-25-17(21-23-24-25)33-6-7-5-32-15-11(14(28)26(15)12(7)16(29)30)20-13(27)10(22-31)8-3-2-4-9(18)19-8/h2-4,11,15,31H,5-6H2,1H3,(H2,18,19)(H,20,27)(H,29,30)/b22-10+. The Labute approximate surface area is 194 Å². The Balaban J connectivity index is 1.49. The van der Waals surface area contributed by atoms with E-state index in [1.165, 1.54) is 46.4 Å². The third kappa shape index (κ3) is 4.21. The average Bonchev–Trinajstić information content (AvgIpc) is 3.20. The van der Waals surface area contributed by atoms with Crippen LogP contribution in [0.25, 0.3) is 0 Å². The van der Waals surface area contributed by atoms with Gasteiger partial charge in [-0.15, -0.1) is 16.9 Å². The maximum absolute atomic E-state index is 12.8. The highest BCUT2D eigenvalue weighted by atomic mass is 32.2. The van der Waals surface area contributed by atoms with Crippen LogP contribution in [0.2, 0.25) is 0 Å². The van der Waals surface area contributed by atoms with E-state index in [0.29, 0.717) is 16.5 Å². The van der Waals surface area contributed by atoms with Gasteiger partial charge in [-0.2, -0.15) is 0 Å². The molecule has 0 spiro atoms. The Morgan fingerprint density at radius 1 is 1.42 bits per heavy atom. The van der Waals surface area contributed by atoms with E-state index in [-0.39, 0.29) is 23.0 Å². The van der Waals surface area contributed by atoms with Crippen LogP contribution in [0.1, 0.15) is 5.69 Å². The monoisotopic (exact) mass is 491 g/mol. The van der Waals surface area contributed by atoms with Crippen LogP contribution in [0.15, 0.2) is 39.8 Å². The quantitative estimate of drug-likeness (QED) is 0.120. The van der Waals surface area contributed by atoms with Gasteiger partial charge in [-0.1, -0.05) is 23.0 Å². The SMILES string of the molecule is Cn1nnnc1SCC1=C(C(=O)O)N2C(=O)C(NC(=O)/C(=N/O)c3cccc(N)n3)C2SC1. The fourth-order valence-corrected chi connectivity index (χ4v) is 5.63. The first-order chi connectivity index (χ1) is 15.8. The number of rotatable bonds is 7. The highest BCUT2D eigenvalue weighted by molar-refractivity contribution is 8.01. The van der Waals surface area contributed by atoms with Crippen molar-refractivity contribution < 1.29 is 24.7 Å². The number of carboxylic acid groups (broad SMARTS) is 1. The van der Waals surface area contributed by atoms with Gasteiger partial charge in [0, 0.05) is 18.6 Å². The molecular formula is C17H17N9O5S2. The lowest BCUT2D eigenvalue weighted by Gasteiger charge is -2.49. The summed E-state index contributed by atoms with van der Waals surface area (Å²) >= 11 is 2.57. The molecule has 0 aromatic carbocycles. The van der Waals surface area contributed by atoms with Crippen molar-refractivity contribution in [3.05, 3.63) is 35.2 Å². The number of nitrogens with one attached hydrogen (secondary N) is 1. The summed E-state index contributed by atoms with van der Waals surface area (Å²) in [4.78, 5) is 42.5. The number of aliphatic carboxylic acids is 1. The number of β-lactam (4-membered cyclic amide) rings is 1. The van der Waals surface area contributed by atoms with Crippen LogP contribution in [-0.4, -0.2) is 86.8 Å². The highest BCUT2D eigenvalue weighted by Crippen LogP contribution is 2.41. The number of carbonyl (C=O) groups excluding carboxylic acids is 2. The van der Waals surface area contributed by atoms with E-state index in [2.05, 4.69) is 31.0 Å². The zero-order valence-corrected chi connectivity index (χ0v) is 18.6. The molecule has 2 aliphatic heterocycles. The number of oxime groups is 1. The Hall–Kier alpha value is -3.66. The van der Waals surface area contributed by atoms with Gasteiger partial charge < -0.3 is 21.4 Å². The molecule has 2 atom stereocenters. The normalized spacial score (nSPS) is 20.3. The Bertz CT molecular complexity index is 1200. The zero-order valence-electron chi connectivity index (χ0n) is 16.9. The van der Waals surface area contributed by atoms with Crippen LogP contribution in [-0.2, 0) is 21.4 Å². The summed E-state index contributed by atoms with van der Waals surface area (Å²) < 4.78 is 1.46. The van der Waals surface area contributed by atoms with Crippen LogP contribution in [0.4, 0.5) is 5.82 Å².